The standard InChI is InChI=1S/C63H71BN2O/c1-38-18-16-17-19-44(38)39-32-52-55-53(33-39)66(43-25-26-46-47(35-43)61(10,11)29-28-60(46,8)9)56-45-36-48-49(63(14,15)31-30-62(48,12)13)37-54(45)67-57(56)64(55)50-27-22-41(59(5,6)7)34-51(50)65(52)42-23-20-40(21-24-42)58(2,3)4/h16-27,32-37H,28-31H2,1-15H3. The summed E-state index contributed by atoms with van der Waals surface area (Å²) >= 11 is 0. The molecule has 0 unspecified atom stereocenters. The molecule has 0 amide bonds. The van der Waals surface area contributed by atoms with Crippen LogP contribution in [0.25, 0.3) is 22.1 Å². The summed E-state index contributed by atoms with van der Waals surface area (Å²) in [5.74, 6) is 0. The van der Waals surface area contributed by atoms with Crippen LogP contribution in [-0.2, 0) is 32.5 Å². The molecule has 0 saturated carbocycles. The van der Waals surface area contributed by atoms with Gasteiger partial charge in [-0.1, -0.05) is 152 Å². The molecular formula is C63H71BN2O. The number of hydrogen-bond donors (Lipinski definition) is 0. The molecule has 3 heterocycles. The van der Waals surface area contributed by atoms with Gasteiger partial charge in [0.25, 0.3) is 6.71 Å². The lowest BCUT2D eigenvalue weighted by molar-refractivity contribution is 0.332. The molecule has 0 bridgehead atoms. The van der Waals surface area contributed by atoms with E-state index >= 15 is 0 Å². The second-order valence-corrected chi connectivity index (χ2v) is 25.6. The lowest BCUT2D eigenvalue weighted by atomic mass is 9.35. The monoisotopic (exact) mass is 883 g/mol. The van der Waals surface area contributed by atoms with Crippen LogP contribution in [0.15, 0.2) is 114 Å². The molecule has 0 radical (unpaired) electrons. The maximum atomic E-state index is 7.63. The van der Waals surface area contributed by atoms with Crippen molar-refractivity contribution >= 4 is 68.4 Å². The average molecular weight is 883 g/mol. The van der Waals surface area contributed by atoms with E-state index in [1.54, 1.807) is 0 Å². The Bertz CT molecular complexity index is 3180. The van der Waals surface area contributed by atoms with Crippen LogP contribution in [0.3, 0.4) is 0 Å². The first kappa shape index (κ1) is 44.1. The summed E-state index contributed by atoms with van der Waals surface area (Å²) in [6.07, 6.45) is 4.65. The van der Waals surface area contributed by atoms with E-state index in [4.69, 9.17) is 4.42 Å². The van der Waals surface area contributed by atoms with Crippen molar-refractivity contribution in [3.63, 3.8) is 0 Å². The molecule has 7 aromatic rings. The highest BCUT2D eigenvalue weighted by Crippen LogP contribution is 2.54. The lowest BCUT2D eigenvalue weighted by Crippen LogP contribution is -2.61. The molecule has 3 nitrogen and oxygen atoms in total. The Hall–Kier alpha value is -5.48. The van der Waals surface area contributed by atoms with E-state index in [-0.39, 0.29) is 39.2 Å². The number of fused-ring (bicyclic) bond motifs is 8. The van der Waals surface area contributed by atoms with Crippen molar-refractivity contribution in [3.8, 4) is 11.1 Å². The number of furan rings is 1. The predicted octanol–water partition coefficient (Wildman–Crippen LogP) is 15.8. The van der Waals surface area contributed by atoms with Gasteiger partial charge in [-0.15, -0.1) is 0 Å². The van der Waals surface area contributed by atoms with Crippen LogP contribution < -0.4 is 26.4 Å². The van der Waals surface area contributed by atoms with Gasteiger partial charge in [-0.05, 0) is 181 Å². The van der Waals surface area contributed by atoms with Crippen molar-refractivity contribution in [2.45, 2.75) is 162 Å². The van der Waals surface area contributed by atoms with Crippen molar-refractivity contribution in [1.29, 1.82) is 0 Å². The number of anilines is 6. The molecule has 6 aromatic carbocycles. The Balaban J connectivity index is 1.30. The Morgan fingerprint density at radius 2 is 1.04 bits per heavy atom. The number of rotatable bonds is 3. The largest absolute Gasteiger partial charge is 0.468 e. The van der Waals surface area contributed by atoms with E-state index in [0.717, 1.165) is 30.5 Å². The Morgan fingerprint density at radius 1 is 0.507 bits per heavy atom. The number of nitrogens with zero attached hydrogens (tertiary/aromatic N) is 2. The first-order valence-corrected chi connectivity index (χ1v) is 25.2. The SMILES string of the molecule is Cc1ccccc1-c1cc2c3c(c1)N(c1ccc4c(c1)C(C)(C)CCC4(C)C)c1c(oc4cc5c(cc14)C(C)(C)CCC5(C)C)B3c1ccc(C(C)(C)C)cc1N2c1ccc(C(C)(C)C)cc1. The smallest absolute Gasteiger partial charge is 0.297 e. The number of hydrogen-bond acceptors (Lipinski definition) is 3. The van der Waals surface area contributed by atoms with Crippen molar-refractivity contribution in [2.75, 3.05) is 9.80 Å². The molecule has 2 aliphatic heterocycles. The van der Waals surface area contributed by atoms with Gasteiger partial charge in [0.2, 0.25) is 0 Å². The molecule has 67 heavy (non-hydrogen) atoms. The third-order valence-electron chi connectivity index (χ3n) is 17.0. The summed E-state index contributed by atoms with van der Waals surface area (Å²) in [5.41, 5.74) is 24.2. The molecule has 0 saturated heterocycles. The van der Waals surface area contributed by atoms with E-state index in [0.29, 0.717) is 0 Å². The summed E-state index contributed by atoms with van der Waals surface area (Å²) in [6.45, 7) is 35.6. The fraction of sp³-hybridized carbons (Fsp3) is 0.397. The van der Waals surface area contributed by atoms with Gasteiger partial charge in [0.05, 0.1) is 11.3 Å². The molecule has 4 heteroatoms. The highest BCUT2D eigenvalue weighted by Gasteiger charge is 2.49. The summed E-state index contributed by atoms with van der Waals surface area (Å²) < 4.78 is 7.63. The molecule has 0 spiro atoms. The van der Waals surface area contributed by atoms with Crippen LogP contribution in [0.1, 0.15) is 162 Å². The maximum absolute atomic E-state index is 7.63. The van der Waals surface area contributed by atoms with Crippen LogP contribution in [0.4, 0.5) is 34.1 Å². The van der Waals surface area contributed by atoms with Gasteiger partial charge in [0, 0.05) is 33.8 Å². The van der Waals surface area contributed by atoms with Crippen LogP contribution in [0, 0.1) is 6.92 Å². The average Bonchev–Trinajstić information content (AvgIpc) is 3.64. The van der Waals surface area contributed by atoms with Crippen molar-refractivity contribution < 1.29 is 4.42 Å². The van der Waals surface area contributed by atoms with Crippen LogP contribution in [0.2, 0.25) is 0 Å². The highest BCUT2D eigenvalue weighted by molar-refractivity contribution is 7.00. The molecule has 2 aliphatic carbocycles. The van der Waals surface area contributed by atoms with Gasteiger partial charge in [-0.2, -0.15) is 0 Å². The summed E-state index contributed by atoms with van der Waals surface area (Å²) in [6, 6.07) is 43.1. The zero-order chi connectivity index (χ0) is 47.5. The van der Waals surface area contributed by atoms with Gasteiger partial charge >= 0.3 is 0 Å². The molecule has 4 aliphatic rings. The predicted molar refractivity (Wildman–Crippen MR) is 288 cm³/mol. The maximum Gasteiger partial charge on any atom is 0.297 e. The van der Waals surface area contributed by atoms with Crippen LogP contribution in [-0.4, -0.2) is 6.71 Å². The third kappa shape index (κ3) is 6.73. The van der Waals surface area contributed by atoms with E-state index in [1.807, 2.05) is 0 Å². The van der Waals surface area contributed by atoms with Crippen LogP contribution in [0.5, 0.6) is 0 Å². The minimum atomic E-state index is -0.130. The Morgan fingerprint density at radius 3 is 1.66 bits per heavy atom. The summed E-state index contributed by atoms with van der Waals surface area (Å²) in [5, 5.41) is 1.21. The summed E-state index contributed by atoms with van der Waals surface area (Å²) in [7, 11) is 0. The minimum absolute atomic E-state index is 0.0350. The fourth-order valence-electron chi connectivity index (χ4n) is 12.4. The Kier molecular flexibility index (Phi) is 9.39. The van der Waals surface area contributed by atoms with E-state index < -0.39 is 0 Å². The lowest BCUT2D eigenvalue weighted by Gasteiger charge is -2.45. The van der Waals surface area contributed by atoms with Gasteiger partial charge < -0.3 is 14.2 Å². The molecule has 0 atom stereocenters. The minimum Gasteiger partial charge on any atom is -0.468 e. The van der Waals surface area contributed by atoms with E-state index in [2.05, 4.69) is 223 Å². The van der Waals surface area contributed by atoms with E-state index in [1.165, 1.54) is 107 Å². The molecule has 342 valence electrons. The van der Waals surface area contributed by atoms with Crippen molar-refractivity contribution in [1.82, 2.24) is 0 Å². The molecule has 1 aromatic heterocycles. The van der Waals surface area contributed by atoms with Gasteiger partial charge in [0.1, 0.15) is 5.58 Å². The topological polar surface area (TPSA) is 19.6 Å². The fourth-order valence-corrected chi connectivity index (χ4v) is 12.4. The van der Waals surface area contributed by atoms with E-state index in [9.17, 15) is 0 Å². The van der Waals surface area contributed by atoms with Crippen molar-refractivity contribution in [3.05, 3.63) is 148 Å². The van der Waals surface area contributed by atoms with Gasteiger partial charge in [-0.25, -0.2) is 0 Å². The highest BCUT2D eigenvalue weighted by atomic mass is 16.3. The molecule has 11 rings (SSSR count). The van der Waals surface area contributed by atoms with Crippen LogP contribution >= 0.6 is 0 Å². The molecule has 0 N–H and O–H groups in total. The summed E-state index contributed by atoms with van der Waals surface area (Å²) in [4.78, 5) is 5.22. The zero-order valence-electron chi connectivity index (χ0n) is 43.1. The zero-order valence-corrected chi connectivity index (χ0v) is 43.1. The second-order valence-electron chi connectivity index (χ2n) is 25.6. The normalized spacial score (nSPS) is 18.5. The third-order valence-corrected chi connectivity index (χ3v) is 17.0. The first-order valence-electron chi connectivity index (χ1n) is 25.2. The first-order chi connectivity index (χ1) is 31.4. The second kappa shape index (κ2) is 14.3. The quantitative estimate of drug-likeness (QED) is 0.165. The number of aryl methyl sites for hydroxylation is 1. The number of benzene rings is 6. The molecule has 0 fully saturated rings. The van der Waals surface area contributed by atoms with Gasteiger partial charge in [0.15, 0.2) is 0 Å². The van der Waals surface area contributed by atoms with Gasteiger partial charge in [-0.3, -0.25) is 0 Å². The van der Waals surface area contributed by atoms with Crippen molar-refractivity contribution in [2.24, 2.45) is 0 Å². The Labute approximate surface area is 402 Å². The molecular weight excluding hydrogens is 812 g/mol.